The fourth-order valence-corrected chi connectivity index (χ4v) is 4.93. The predicted octanol–water partition coefficient (Wildman–Crippen LogP) is 3.92. The average molecular weight is 341 g/mol. The molecule has 0 aromatic heterocycles. The van der Waals surface area contributed by atoms with E-state index in [0.29, 0.717) is 12.1 Å². The summed E-state index contributed by atoms with van der Waals surface area (Å²) in [5.41, 5.74) is 1.13. The lowest BCUT2D eigenvalue weighted by Crippen LogP contribution is -2.62. The standard InChI is InChI=1S/C21H27NO3/c1-3-7-17(8-4-1)9-10-18-13-19-14-20(22(18)25-19)15-23-21(24-16-20)11-5-2-6-12-21/h1,3-4,7-10,18-19H,2,5-6,11-16H2/b10-9+/t18-,19+/m1/s1. The van der Waals surface area contributed by atoms with Crippen LogP contribution < -0.4 is 0 Å². The van der Waals surface area contributed by atoms with Crippen molar-refractivity contribution in [1.29, 1.82) is 0 Å². The topological polar surface area (TPSA) is 30.9 Å². The summed E-state index contributed by atoms with van der Waals surface area (Å²) in [6.07, 6.45) is 12.7. The van der Waals surface area contributed by atoms with Crippen LogP contribution in [0.4, 0.5) is 0 Å². The van der Waals surface area contributed by atoms with Crippen LogP contribution in [0.3, 0.4) is 0 Å². The lowest BCUT2D eigenvalue weighted by atomic mass is 9.84. The zero-order valence-corrected chi connectivity index (χ0v) is 14.7. The number of hydrogen-bond donors (Lipinski definition) is 0. The van der Waals surface area contributed by atoms with Crippen molar-refractivity contribution in [2.24, 2.45) is 0 Å². The van der Waals surface area contributed by atoms with Crippen molar-refractivity contribution in [3.63, 3.8) is 0 Å². The first-order valence-electron chi connectivity index (χ1n) is 9.74. The van der Waals surface area contributed by atoms with Crippen LogP contribution in [0.25, 0.3) is 6.08 Å². The van der Waals surface area contributed by atoms with Crippen molar-refractivity contribution >= 4 is 6.08 Å². The third-order valence-corrected chi connectivity index (χ3v) is 6.28. The minimum absolute atomic E-state index is 0.0999. The van der Waals surface area contributed by atoms with Gasteiger partial charge >= 0.3 is 0 Å². The zero-order valence-electron chi connectivity index (χ0n) is 14.7. The maximum Gasteiger partial charge on any atom is 0.168 e. The molecule has 4 heteroatoms. The molecule has 3 aliphatic heterocycles. The Morgan fingerprint density at radius 1 is 1.00 bits per heavy atom. The summed E-state index contributed by atoms with van der Waals surface area (Å²) in [6.45, 7) is 1.47. The van der Waals surface area contributed by atoms with Crippen molar-refractivity contribution in [3.05, 3.63) is 42.0 Å². The van der Waals surface area contributed by atoms with Crippen molar-refractivity contribution < 1.29 is 14.3 Å². The number of piperidine rings is 1. The summed E-state index contributed by atoms with van der Waals surface area (Å²) >= 11 is 0. The van der Waals surface area contributed by atoms with E-state index in [1.54, 1.807) is 0 Å². The first-order chi connectivity index (χ1) is 12.3. The molecule has 0 amide bonds. The summed E-state index contributed by atoms with van der Waals surface area (Å²) in [6, 6.07) is 10.8. The maximum absolute atomic E-state index is 6.34. The van der Waals surface area contributed by atoms with E-state index >= 15 is 0 Å². The summed E-state index contributed by atoms with van der Waals surface area (Å²) < 4.78 is 12.7. The highest BCUT2D eigenvalue weighted by Gasteiger charge is 2.59. The molecule has 0 N–H and O–H groups in total. The smallest absolute Gasteiger partial charge is 0.168 e. The number of fused-ring (bicyclic) bond motifs is 3. The van der Waals surface area contributed by atoms with Gasteiger partial charge in [-0.05, 0) is 24.8 Å². The Bertz CT molecular complexity index is 628. The summed E-state index contributed by atoms with van der Waals surface area (Å²) in [5, 5.41) is 2.19. The van der Waals surface area contributed by atoms with Crippen LogP contribution in [-0.2, 0) is 14.3 Å². The van der Waals surface area contributed by atoms with E-state index in [-0.39, 0.29) is 11.3 Å². The van der Waals surface area contributed by atoms with Crippen molar-refractivity contribution in [2.45, 2.75) is 68.4 Å². The minimum Gasteiger partial charge on any atom is -0.348 e. The van der Waals surface area contributed by atoms with Gasteiger partial charge in [0.05, 0.1) is 30.9 Å². The van der Waals surface area contributed by atoms with Gasteiger partial charge in [-0.25, -0.2) is 0 Å². The molecule has 2 spiro atoms. The third kappa shape index (κ3) is 2.85. The molecule has 1 aromatic rings. The van der Waals surface area contributed by atoms with Crippen LogP contribution in [0.1, 0.15) is 50.5 Å². The Morgan fingerprint density at radius 2 is 1.76 bits per heavy atom. The Hall–Kier alpha value is -1.20. The largest absolute Gasteiger partial charge is 0.348 e. The third-order valence-electron chi connectivity index (χ3n) is 6.28. The Morgan fingerprint density at radius 3 is 2.48 bits per heavy atom. The van der Waals surface area contributed by atoms with Crippen LogP contribution in [0.2, 0.25) is 0 Å². The number of nitrogens with zero attached hydrogens (tertiary/aromatic N) is 1. The highest BCUT2D eigenvalue weighted by atomic mass is 16.7. The van der Waals surface area contributed by atoms with E-state index in [0.717, 1.165) is 38.9 Å². The lowest BCUT2D eigenvalue weighted by Gasteiger charge is -2.50. The van der Waals surface area contributed by atoms with Crippen LogP contribution in [-0.4, -0.2) is 41.7 Å². The van der Waals surface area contributed by atoms with Crippen molar-refractivity contribution in [3.8, 4) is 0 Å². The SMILES string of the molecule is C(=C\[C@@H]1C[C@H]2CC3(COC4(CCCCC4)OC3)N1O2)/c1ccccc1. The summed E-state index contributed by atoms with van der Waals surface area (Å²) in [4.78, 5) is 6.16. The molecule has 1 unspecified atom stereocenters. The van der Waals surface area contributed by atoms with Gasteiger partial charge in [0.1, 0.15) is 0 Å². The van der Waals surface area contributed by atoms with Gasteiger partial charge in [-0.15, -0.1) is 0 Å². The Balaban J connectivity index is 1.29. The fraction of sp³-hybridized carbons (Fsp3) is 0.619. The average Bonchev–Trinajstić information content (AvgIpc) is 3.23. The second-order valence-electron chi connectivity index (χ2n) is 8.10. The second-order valence-corrected chi connectivity index (χ2v) is 8.10. The van der Waals surface area contributed by atoms with Crippen LogP contribution >= 0.6 is 0 Å². The van der Waals surface area contributed by atoms with Crippen molar-refractivity contribution in [1.82, 2.24) is 5.06 Å². The van der Waals surface area contributed by atoms with Gasteiger partial charge in [0, 0.05) is 19.3 Å². The highest BCUT2D eigenvalue weighted by molar-refractivity contribution is 5.49. The number of rotatable bonds is 2. The first-order valence-corrected chi connectivity index (χ1v) is 9.74. The fourth-order valence-electron chi connectivity index (χ4n) is 4.93. The van der Waals surface area contributed by atoms with E-state index in [1.165, 1.54) is 24.8 Å². The molecule has 4 fully saturated rings. The molecule has 3 saturated heterocycles. The van der Waals surface area contributed by atoms with E-state index < -0.39 is 0 Å². The molecule has 0 radical (unpaired) electrons. The van der Waals surface area contributed by atoms with Gasteiger partial charge in [-0.3, -0.25) is 4.84 Å². The molecule has 4 aliphatic rings. The molecule has 2 bridgehead atoms. The van der Waals surface area contributed by atoms with Gasteiger partial charge in [0.2, 0.25) is 0 Å². The van der Waals surface area contributed by atoms with Gasteiger partial charge < -0.3 is 9.47 Å². The second kappa shape index (κ2) is 6.20. The molecule has 1 saturated carbocycles. The molecule has 25 heavy (non-hydrogen) atoms. The van der Waals surface area contributed by atoms with E-state index in [1.807, 2.05) is 6.07 Å². The van der Waals surface area contributed by atoms with Crippen LogP contribution in [0, 0.1) is 0 Å². The zero-order chi connectivity index (χ0) is 16.7. The van der Waals surface area contributed by atoms with E-state index in [2.05, 4.69) is 41.5 Å². The quantitative estimate of drug-likeness (QED) is 0.816. The van der Waals surface area contributed by atoms with Gasteiger partial charge in [0.25, 0.3) is 0 Å². The monoisotopic (exact) mass is 341 g/mol. The van der Waals surface area contributed by atoms with Gasteiger partial charge in [-0.2, -0.15) is 5.06 Å². The van der Waals surface area contributed by atoms with Gasteiger partial charge in [0.15, 0.2) is 5.79 Å². The minimum atomic E-state index is -0.304. The number of ether oxygens (including phenoxy) is 2. The Kier molecular flexibility index (Phi) is 3.97. The van der Waals surface area contributed by atoms with Crippen LogP contribution in [0.15, 0.2) is 36.4 Å². The molecule has 1 aromatic carbocycles. The molecular weight excluding hydrogens is 314 g/mol. The molecule has 4 nitrogen and oxygen atoms in total. The molecule has 5 rings (SSSR count). The summed E-state index contributed by atoms with van der Waals surface area (Å²) in [7, 11) is 0. The molecular formula is C21H27NO3. The van der Waals surface area contributed by atoms with Crippen LogP contribution in [0.5, 0.6) is 0 Å². The van der Waals surface area contributed by atoms with Gasteiger partial charge in [-0.1, -0.05) is 48.9 Å². The molecule has 3 heterocycles. The molecule has 1 aliphatic carbocycles. The summed E-state index contributed by atoms with van der Waals surface area (Å²) in [5.74, 6) is -0.304. The van der Waals surface area contributed by atoms with Crippen molar-refractivity contribution in [2.75, 3.05) is 13.2 Å². The lowest BCUT2D eigenvalue weighted by molar-refractivity contribution is -0.331. The number of hydroxylamine groups is 2. The number of hydrogen-bond acceptors (Lipinski definition) is 4. The molecule has 134 valence electrons. The predicted molar refractivity (Wildman–Crippen MR) is 95.7 cm³/mol. The maximum atomic E-state index is 6.34. The first kappa shape index (κ1) is 16.0. The van der Waals surface area contributed by atoms with E-state index in [4.69, 9.17) is 14.3 Å². The Labute approximate surface area is 149 Å². The number of benzene rings is 1. The highest BCUT2D eigenvalue weighted by Crippen LogP contribution is 2.48. The normalized spacial score (nSPS) is 35.8. The van der Waals surface area contributed by atoms with E-state index in [9.17, 15) is 0 Å². The molecule has 3 atom stereocenters.